The molecule has 1 aliphatic heterocycles. The summed E-state index contributed by atoms with van der Waals surface area (Å²) in [6.07, 6.45) is -0.418. The Labute approximate surface area is 139 Å². The first-order valence-electron chi connectivity index (χ1n) is 7.15. The Morgan fingerprint density at radius 1 is 1.29 bits per heavy atom. The van der Waals surface area contributed by atoms with Crippen molar-refractivity contribution in [3.8, 4) is 11.4 Å². The lowest BCUT2D eigenvalue weighted by Crippen LogP contribution is -2.23. The number of hydrogen-bond donors (Lipinski definition) is 0. The summed E-state index contributed by atoms with van der Waals surface area (Å²) in [6.45, 7) is 1.96. The Hall–Kier alpha value is -2.38. The molecule has 5 nitrogen and oxygen atoms in total. The molecule has 0 fully saturated rings. The Morgan fingerprint density at radius 3 is 2.83 bits per heavy atom. The van der Waals surface area contributed by atoms with Crippen LogP contribution in [0.3, 0.4) is 0 Å². The van der Waals surface area contributed by atoms with Crippen molar-refractivity contribution in [2.45, 2.75) is 19.6 Å². The van der Waals surface area contributed by atoms with E-state index in [2.05, 4.69) is 9.97 Å². The predicted molar refractivity (Wildman–Crippen MR) is 82.8 cm³/mol. The standard InChI is InChI=1S/C16H10ClF2N3O2/c1-7-14-11(6-24-7)20-13-5-12(17)21-15(22(13)16(14)23)9-3-2-8(18)4-10(9)19/h2-5,7H,6H2,1H3. The fraction of sp³-hybridized carbons (Fsp3) is 0.188. The van der Waals surface area contributed by atoms with Crippen LogP contribution in [-0.4, -0.2) is 14.4 Å². The van der Waals surface area contributed by atoms with E-state index in [1.807, 2.05) is 0 Å². The molecule has 1 unspecified atom stereocenters. The van der Waals surface area contributed by atoms with Gasteiger partial charge in [0.25, 0.3) is 5.56 Å². The van der Waals surface area contributed by atoms with Gasteiger partial charge in [-0.2, -0.15) is 0 Å². The quantitative estimate of drug-likeness (QED) is 0.633. The molecule has 0 N–H and O–H groups in total. The Balaban J connectivity index is 2.13. The zero-order valence-electron chi connectivity index (χ0n) is 12.4. The summed E-state index contributed by atoms with van der Waals surface area (Å²) in [5, 5.41) is 0.0486. The summed E-state index contributed by atoms with van der Waals surface area (Å²) >= 11 is 6.00. The fourth-order valence-electron chi connectivity index (χ4n) is 2.85. The van der Waals surface area contributed by atoms with E-state index in [9.17, 15) is 13.6 Å². The first-order chi connectivity index (χ1) is 11.5. The normalized spacial score (nSPS) is 16.6. The van der Waals surface area contributed by atoms with Crippen LogP contribution in [0.4, 0.5) is 8.78 Å². The zero-order chi connectivity index (χ0) is 17.0. The highest BCUT2D eigenvalue weighted by atomic mass is 35.5. The summed E-state index contributed by atoms with van der Waals surface area (Å²) in [7, 11) is 0. The van der Waals surface area contributed by atoms with E-state index in [0.29, 0.717) is 11.3 Å². The lowest BCUT2D eigenvalue weighted by Gasteiger charge is -2.11. The van der Waals surface area contributed by atoms with Crippen molar-refractivity contribution in [2.24, 2.45) is 0 Å². The van der Waals surface area contributed by atoms with E-state index in [1.54, 1.807) is 6.92 Å². The van der Waals surface area contributed by atoms with Gasteiger partial charge in [0.05, 0.1) is 29.5 Å². The second-order valence-corrected chi connectivity index (χ2v) is 5.84. The third-order valence-electron chi connectivity index (χ3n) is 3.94. The lowest BCUT2D eigenvalue weighted by molar-refractivity contribution is 0.0782. The molecule has 1 atom stereocenters. The number of benzene rings is 1. The van der Waals surface area contributed by atoms with Crippen LogP contribution < -0.4 is 5.56 Å². The average molecular weight is 350 g/mol. The van der Waals surface area contributed by atoms with E-state index in [0.717, 1.165) is 12.1 Å². The molecule has 24 heavy (non-hydrogen) atoms. The summed E-state index contributed by atoms with van der Waals surface area (Å²) in [5.41, 5.74) is 0.720. The summed E-state index contributed by atoms with van der Waals surface area (Å²) in [4.78, 5) is 21.3. The largest absolute Gasteiger partial charge is 0.367 e. The molecule has 0 bridgehead atoms. The maximum absolute atomic E-state index is 14.2. The Morgan fingerprint density at radius 2 is 2.08 bits per heavy atom. The second-order valence-electron chi connectivity index (χ2n) is 5.45. The summed E-state index contributed by atoms with van der Waals surface area (Å²) in [6, 6.07) is 4.44. The van der Waals surface area contributed by atoms with Crippen molar-refractivity contribution in [1.82, 2.24) is 14.4 Å². The number of halogens is 3. The SMILES string of the molecule is CC1OCc2nc3cc(Cl)nc(-c4ccc(F)cc4F)n3c(=O)c21. The van der Waals surface area contributed by atoms with Crippen molar-refractivity contribution < 1.29 is 13.5 Å². The molecule has 3 aromatic rings. The van der Waals surface area contributed by atoms with E-state index in [-0.39, 0.29) is 28.8 Å². The van der Waals surface area contributed by atoms with Gasteiger partial charge in [-0.3, -0.25) is 4.79 Å². The summed E-state index contributed by atoms with van der Waals surface area (Å²) in [5.74, 6) is -1.60. The third-order valence-corrected chi connectivity index (χ3v) is 4.14. The maximum atomic E-state index is 14.2. The van der Waals surface area contributed by atoms with E-state index in [4.69, 9.17) is 16.3 Å². The van der Waals surface area contributed by atoms with Crippen LogP contribution in [0.5, 0.6) is 0 Å². The number of ether oxygens (including phenoxy) is 1. The Kier molecular flexibility index (Phi) is 3.36. The van der Waals surface area contributed by atoms with Gasteiger partial charge in [0.1, 0.15) is 22.4 Å². The molecular formula is C16H10ClF2N3O2. The average Bonchev–Trinajstić information content (AvgIpc) is 2.87. The van der Waals surface area contributed by atoms with Crippen LogP contribution in [0.2, 0.25) is 5.15 Å². The Bertz CT molecular complexity index is 1050. The number of aromatic nitrogens is 3. The van der Waals surface area contributed by atoms with Gasteiger partial charge in [-0.15, -0.1) is 0 Å². The van der Waals surface area contributed by atoms with Gasteiger partial charge in [0, 0.05) is 12.1 Å². The first kappa shape index (κ1) is 15.2. The summed E-state index contributed by atoms with van der Waals surface area (Å²) < 4.78 is 34.0. The molecule has 4 rings (SSSR count). The monoisotopic (exact) mass is 349 g/mol. The molecule has 0 spiro atoms. The van der Waals surface area contributed by atoms with E-state index < -0.39 is 23.3 Å². The van der Waals surface area contributed by atoms with E-state index >= 15 is 0 Å². The van der Waals surface area contributed by atoms with Crippen molar-refractivity contribution in [3.05, 3.63) is 62.7 Å². The first-order valence-corrected chi connectivity index (χ1v) is 7.52. The molecule has 1 aliphatic rings. The zero-order valence-corrected chi connectivity index (χ0v) is 13.1. The van der Waals surface area contributed by atoms with Crippen LogP contribution >= 0.6 is 11.6 Å². The highest BCUT2D eigenvalue weighted by Gasteiger charge is 2.27. The van der Waals surface area contributed by atoms with Crippen LogP contribution in [0.25, 0.3) is 17.0 Å². The van der Waals surface area contributed by atoms with Gasteiger partial charge in [-0.05, 0) is 19.1 Å². The van der Waals surface area contributed by atoms with Crippen molar-refractivity contribution in [2.75, 3.05) is 0 Å². The minimum Gasteiger partial charge on any atom is -0.367 e. The van der Waals surface area contributed by atoms with Gasteiger partial charge >= 0.3 is 0 Å². The van der Waals surface area contributed by atoms with Crippen molar-refractivity contribution in [1.29, 1.82) is 0 Å². The lowest BCUT2D eigenvalue weighted by atomic mass is 10.1. The second kappa shape index (κ2) is 5.32. The molecule has 2 aromatic heterocycles. The highest BCUT2D eigenvalue weighted by molar-refractivity contribution is 6.29. The minimum absolute atomic E-state index is 0.0330. The van der Waals surface area contributed by atoms with E-state index in [1.165, 1.54) is 16.5 Å². The molecule has 122 valence electrons. The number of hydrogen-bond acceptors (Lipinski definition) is 4. The maximum Gasteiger partial charge on any atom is 0.265 e. The molecule has 0 aliphatic carbocycles. The molecule has 0 saturated carbocycles. The molecule has 3 heterocycles. The van der Waals surface area contributed by atoms with Gasteiger partial charge < -0.3 is 4.74 Å². The number of nitrogens with zero attached hydrogens (tertiary/aromatic N) is 3. The van der Waals surface area contributed by atoms with Crippen molar-refractivity contribution >= 4 is 17.2 Å². The highest BCUT2D eigenvalue weighted by Crippen LogP contribution is 2.29. The topological polar surface area (TPSA) is 56.5 Å². The minimum atomic E-state index is -0.845. The van der Waals surface area contributed by atoms with Crippen LogP contribution in [0, 0.1) is 11.6 Å². The van der Waals surface area contributed by atoms with Gasteiger partial charge in [-0.1, -0.05) is 11.6 Å². The van der Waals surface area contributed by atoms with Crippen LogP contribution in [0.1, 0.15) is 24.3 Å². The van der Waals surface area contributed by atoms with Crippen LogP contribution in [-0.2, 0) is 11.3 Å². The molecular weight excluding hydrogens is 340 g/mol. The predicted octanol–water partition coefficient (Wildman–Crippen LogP) is 3.28. The van der Waals surface area contributed by atoms with Crippen molar-refractivity contribution in [3.63, 3.8) is 0 Å². The smallest absolute Gasteiger partial charge is 0.265 e. The molecule has 8 heteroatoms. The van der Waals surface area contributed by atoms with Gasteiger partial charge in [0.2, 0.25) is 0 Å². The fourth-order valence-corrected chi connectivity index (χ4v) is 3.02. The number of fused-ring (bicyclic) bond motifs is 2. The molecule has 0 radical (unpaired) electrons. The van der Waals surface area contributed by atoms with Gasteiger partial charge in [-0.25, -0.2) is 23.1 Å². The number of rotatable bonds is 1. The van der Waals surface area contributed by atoms with Gasteiger partial charge in [0.15, 0.2) is 5.82 Å². The third kappa shape index (κ3) is 2.20. The van der Waals surface area contributed by atoms with Crippen LogP contribution in [0.15, 0.2) is 29.1 Å². The molecule has 0 amide bonds. The molecule has 1 aromatic carbocycles. The molecule has 0 saturated heterocycles.